The molecule has 4 heteroatoms. The van der Waals surface area contributed by atoms with E-state index in [2.05, 4.69) is 4.74 Å². The lowest BCUT2D eigenvalue weighted by molar-refractivity contribution is -0.128. The summed E-state index contributed by atoms with van der Waals surface area (Å²) in [5.41, 5.74) is 0. The van der Waals surface area contributed by atoms with Crippen LogP contribution in [0.3, 0.4) is 0 Å². The Labute approximate surface area is 65.4 Å². The first-order valence-electron chi connectivity index (χ1n) is 2.89. The van der Waals surface area contributed by atoms with Crippen molar-refractivity contribution in [2.24, 2.45) is 0 Å². The van der Waals surface area contributed by atoms with Crippen molar-refractivity contribution >= 4 is 18.2 Å². The highest BCUT2D eigenvalue weighted by molar-refractivity contribution is 8.03. The van der Waals surface area contributed by atoms with Gasteiger partial charge in [0.25, 0.3) is 6.47 Å². The molecule has 0 fully saturated rings. The van der Waals surface area contributed by atoms with Crippen LogP contribution in [0.2, 0.25) is 0 Å². The highest BCUT2D eigenvalue weighted by Gasteiger charge is 1.65. The van der Waals surface area contributed by atoms with Crippen molar-refractivity contribution in [1.29, 1.82) is 5.26 Å². The van der Waals surface area contributed by atoms with Crippen molar-refractivity contribution < 1.29 is 9.53 Å². The Bertz CT molecular complexity index is 100. The zero-order valence-electron chi connectivity index (χ0n) is 6.16. The fraction of sp³-hybridized carbons (Fsp3) is 0.667. The minimum atomic E-state index is 0.431. The first-order valence-corrected chi connectivity index (χ1v) is 3.88. The van der Waals surface area contributed by atoms with Crippen LogP contribution in [0, 0.1) is 10.7 Å². The molecule has 58 valence electrons. The average Bonchev–Trinajstić information content (AvgIpc) is 1.93. The van der Waals surface area contributed by atoms with Gasteiger partial charge in [-0.15, -0.1) is 0 Å². The highest BCUT2D eigenvalue weighted by atomic mass is 32.2. The molecule has 10 heavy (non-hydrogen) atoms. The summed E-state index contributed by atoms with van der Waals surface area (Å²) < 4.78 is 4.15. The molecule has 0 saturated carbocycles. The van der Waals surface area contributed by atoms with E-state index in [1.54, 1.807) is 6.92 Å². The molecule has 0 rings (SSSR count). The van der Waals surface area contributed by atoms with Crippen molar-refractivity contribution in [2.45, 2.75) is 13.8 Å². The summed E-state index contributed by atoms with van der Waals surface area (Å²) in [4.78, 5) is 9.18. The van der Waals surface area contributed by atoms with Crippen LogP contribution in [0.15, 0.2) is 0 Å². The zero-order chi connectivity index (χ0) is 8.24. The van der Waals surface area contributed by atoms with E-state index in [0.29, 0.717) is 13.1 Å². The molecule has 0 saturated heterocycles. The van der Waals surface area contributed by atoms with Gasteiger partial charge in [0.05, 0.1) is 6.61 Å². The van der Waals surface area contributed by atoms with E-state index in [1.165, 1.54) is 11.8 Å². The maximum Gasteiger partial charge on any atom is 0.293 e. The smallest absolute Gasteiger partial charge is 0.293 e. The molecule has 0 atom stereocenters. The second-order valence-electron chi connectivity index (χ2n) is 1.08. The molecule has 3 nitrogen and oxygen atoms in total. The lowest BCUT2D eigenvalue weighted by atomic mass is 10.9. The molecule has 0 spiro atoms. The summed E-state index contributed by atoms with van der Waals surface area (Å²) in [7, 11) is 0. The third-order valence-corrected chi connectivity index (χ3v) is 0.861. The van der Waals surface area contributed by atoms with Gasteiger partial charge in [-0.05, 0) is 18.7 Å². The van der Waals surface area contributed by atoms with E-state index in [4.69, 9.17) is 5.26 Å². The normalized spacial score (nSPS) is 6.50. The number of rotatable bonds is 3. The zero-order valence-corrected chi connectivity index (χ0v) is 6.98. The summed E-state index contributed by atoms with van der Waals surface area (Å²) in [5, 5.41) is 9.71. The minimum absolute atomic E-state index is 0.431. The molecule has 0 heterocycles. The van der Waals surface area contributed by atoms with Crippen molar-refractivity contribution in [3.8, 4) is 5.40 Å². The Hall–Kier alpha value is -0.690. The first kappa shape index (κ1) is 12.0. The number of carbonyl (C=O) groups is 1. The fourth-order valence-electron chi connectivity index (χ4n) is 0.133. The highest BCUT2D eigenvalue weighted by Crippen LogP contribution is 1.89. The predicted molar refractivity (Wildman–Crippen MR) is 41.4 cm³/mol. The Morgan fingerprint density at radius 2 is 2.30 bits per heavy atom. The number of thiocyanates is 1. The van der Waals surface area contributed by atoms with Gasteiger partial charge in [-0.1, -0.05) is 6.92 Å². The first-order chi connectivity index (χ1) is 4.83. The van der Waals surface area contributed by atoms with Gasteiger partial charge in [-0.25, -0.2) is 0 Å². The van der Waals surface area contributed by atoms with Gasteiger partial charge >= 0.3 is 0 Å². The number of nitriles is 1. The summed E-state index contributed by atoms with van der Waals surface area (Å²) in [5.74, 6) is 0.899. The molecule has 0 aromatic carbocycles. The largest absolute Gasteiger partial charge is 0.468 e. The van der Waals surface area contributed by atoms with Crippen LogP contribution in [0.25, 0.3) is 0 Å². The summed E-state index contributed by atoms with van der Waals surface area (Å²) in [6.45, 7) is 4.62. The Balaban J connectivity index is 0. The molecule has 0 aromatic rings. The summed E-state index contributed by atoms with van der Waals surface area (Å²) >= 11 is 1.27. The molecule has 0 aliphatic carbocycles. The van der Waals surface area contributed by atoms with Gasteiger partial charge in [0, 0.05) is 5.75 Å². The number of thioether (sulfide) groups is 1. The van der Waals surface area contributed by atoms with E-state index in [-0.39, 0.29) is 0 Å². The van der Waals surface area contributed by atoms with Gasteiger partial charge < -0.3 is 4.74 Å². The fourth-order valence-corrected chi connectivity index (χ4v) is 0.262. The summed E-state index contributed by atoms with van der Waals surface area (Å²) in [6.07, 6.45) is 0. The van der Waals surface area contributed by atoms with E-state index in [0.717, 1.165) is 5.75 Å². The van der Waals surface area contributed by atoms with Crippen molar-refractivity contribution in [3.63, 3.8) is 0 Å². The van der Waals surface area contributed by atoms with Crippen LogP contribution in [0.4, 0.5) is 0 Å². The van der Waals surface area contributed by atoms with Gasteiger partial charge in [0.2, 0.25) is 0 Å². The molecule has 0 bridgehead atoms. The number of hydrogen-bond acceptors (Lipinski definition) is 4. The van der Waals surface area contributed by atoms with Crippen molar-refractivity contribution in [1.82, 2.24) is 0 Å². The lowest BCUT2D eigenvalue weighted by Gasteiger charge is -1.79. The van der Waals surface area contributed by atoms with Crippen molar-refractivity contribution in [3.05, 3.63) is 0 Å². The Kier molecular flexibility index (Phi) is 18.9. The van der Waals surface area contributed by atoms with Crippen molar-refractivity contribution in [2.75, 3.05) is 12.4 Å². The lowest BCUT2D eigenvalue weighted by Crippen LogP contribution is -1.80. The average molecular weight is 161 g/mol. The van der Waals surface area contributed by atoms with Crippen LogP contribution in [-0.4, -0.2) is 18.8 Å². The van der Waals surface area contributed by atoms with Crippen LogP contribution < -0.4 is 0 Å². The Morgan fingerprint density at radius 3 is 2.30 bits per heavy atom. The van der Waals surface area contributed by atoms with E-state index in [1.807, 2.05) is 12.3 Å². The number of hydrogen-bond donors (Lipinski definition) is 0. The molecule has 0 aliphatic rings. The molecule has 0 N–H and O–H groups in total. The molecular formula is C6H11NO2S. The number of ether oxygens (including phenoxy) is 1. The van der Waals surface area contributed by atoms with E-state index >= 15 is 0 Å². The standard InChI is InChI=1S/C3H5NS.C3H6O2/c2*1-2-5-3-4/h2H2,1H3;3H,2H2,1H3. The molecule has 0 aromatic heterocycles. The minimum Gasteiger partial charge on any atom is -0.468 e. The summed E-state index contributed by atoms with van der Waals surface area (Å²) in [6, 6.07) is 0. The van der Waals surface area contributed by atoms with Crippen LogP contribution in [0.5, 0.6) is 0 Å². The Morgan fingerprint density at radius 1 is 1.70 bits per heavy atom. The van der Waals surface area contributed by atoms with Gasteiger partial charge in [0.1, 0.15) is 5.40 Å². The quantitative estimate of drug-likeness (QED) is 0.463. The van der Waals surface area contributed by atoms with Gasteiger partial charge in [-0.2, -0.15) is 5.26 Å². The van der Waals surface area contributed by atoms with Gasteiger partial charge in [0.15, 0.2) is 0 Å². The molecule has 0 unspecified atom stereocenters. The molecule has 0 radical (unpaired) electrons. The number of carbonyl (C=O) groups excluding carboxylic acids is 1. The van der Waals surface area contributed by atoms with Crippen LogP contribution in [-0.2, 0) is 9.53 Å². The predicted octanol–water partition coefficient (Wildman–Crippen LogP) is 1.40. The number of nitrogens with zero attached hydrogens (tertiary/aromatic N) is 1. The van der Waals surface area contributed by atoms with Crippen LogP contribution in [0.1, 0.15) is 13.8 Å². The molecule has 0 amide bonds. The maximum atomic E-state index is 9.18. The SMILES string of the molecule is CCOC=O.CCSC#N. The second kappa shape index (κ2) is 15.7. The maximum absolute atomic E-state index is 9.18. The van der Waals surface area contributed by atoms with E-state index < -0.39 is 0 Å². The molecular weight excluding hydrogens is 150 g/mol. The van der Waals surface area contributed by atoms with E-state index in [9.17, 15) is 4.79 Å². The topological polar surface area (TPSA) is 50.1 Å². The molecule has 0 aliphatic heterocycles. The monoisotopic (exact) mass is 161 g/mol. The van der Waals surface area contributed by atoms with Gasteiger partial charge in [-0.3, -0.25) is 4.79 Å². The third-order valence-electron chi connectivity index (χ3n) is 0.444. The van der Waals surface area contributed by atoms with Crippen LogP contribution >= 0.6 is 11.8 Å². The second-order valence-corrected chi connectivity index (χ2v) is 2.12. The third kappa shape index (κ3) is 26.6.